The predicted molar refractivity (Wildman–Crippen MR) is 75.7 cm³/mol. The molecule has 0 heterocycles. The standard InChI is InChI=1S/C14H22N2O3/c1-5-14(3,9-17)16-13(18)15-12-7-6-11(19-4)8-10(12)2/h6-8,17H,5,9H2,1-4H3,(H2,15,16,18). The number of hydrogen-bond acceptors (Lipinski definition) is 3. The van der Waals surface area contributed by atoms with E-state index in [-0.39, 0.29) is 12.6 Å². The van der Waals surface area contributed by atoms with Crippen molar-refractivity contribution in [3.05, 3.63) is 23.8 Å². The Hall–Kier alpha value is -1.75. The van der Waals surface area contributed by atoms with Crippen molar-refractivity contribution in [2.24, 2.45) is 0 Å². The summed E-state index contributed by atoms with van der Waals surface area (Å²) in [4.78, 5) is 11.9. The van der Waals surface area contributed by atoms with Gasteiger partial charge in [0.1, 0.15) is 5.75 Å². The highest BCUT2D eigenvalue weighted by molar-refractivity contribution is 5.90. The molecule has 0 saturated heterocycles. The van der Waals surface area contributed by atoms with Crippen molar-refractivity contribution in [3.8, 4) is 5.75 Å². The second-order valence-electron chi connectivity index (χ2n) is 4.83. The Bertz CT molecular complexity index is 442. The molecule has 19 heavy (non-hydrogen) atoms. The number of benzene rings is 1. The van der Waals surface area contributed by atoms with E-state index in [0.29, 0.717) is 6.42 Å². The molecule has 1 aromatic rings. The minimum Gasteiger partial charge on any atom is -0.497 e. The van der Waals surface area contributed by atoms with Crippen LogP contribution in [-0.2, 0) is 0 Å². The van der Waals surface area contributed by atoms with E-state index in [1.165, 1.54) is 0 Å². The maximum Gasteiger partial charge on any atom is 0.319 e. The maximum atomic E-state index is 11.9. The predicted octanol–water partition coefficient (Wildman–Crippen LogP) is 2.29. The molecular weight excluding hydrogens is 244 g/mol. The summed E-state index contributed by atoms with van der Waals surface area (Å²) < 4.78 is 5.11. The first kappa shape index (κ1) is 15.3. The molecule has 0 bridgehead atoms. The van der Waals surface area contributed by atoms with E-state index in [0.717, 1.165) is 17.0 Å². The fourth-order valence-corrected chi connectivity index (χ4v) is 1.57. The summed E-state index contributed by atoms with van der Waals surface area (Å²) in [5.41, 5.74) is 1.02. The Balaban J connectivity index is 2.72. The lowest BCUT2D eigenvalue weighted by atomic mass is 10.0. The van der Waals surface area contributed by atoms with E-state index in [1.54, 1.807) is 26.2 Å². The first-order valence-electron chi connectivity index (χ1n) is 6.28. The quantitative estimate of drug-likeness (QED) is 0.765. The molecule has 1 aromatic carbocycles. The van der Waals surface area contributed by atoms with Crippen LogP contribution in [-0.4, -0.2) is 30.4 Å². The third-order valence-corrected chi connectivity index (χ3v) is 3.23. The third-order valence-electron chi connectivity index (χ3n) is 3.23. The number of hydrogen-bond donors (Lipinski definition) is 3. The van der Waals surface area contributed by atoms with Gasteiger partial charge in [0.05, 0.1) is 19.3 Å². The van der Waals surface area contributed by atoms with Gasteiger partial charge in [-0.2, -0.15) is 0 Å². The molecule has 0 saturated carbocycles. The molecule has 1 rings (SSSR count). The molecule has 2 amide bonds. The molecule has 0 aromatic heterocycles. The molecule has 0 aliphatic carbocycles. The van der Waals surface area contributed by atoms with Crippen LogP contribution in [0.3, 0.4) is 0 Å². The van der Waals surface area contributed by atoms with Gasteiger partial charge in [0.2, 0.25) is 0 Å². The zero-order valence-electron chi connectivity index (χ0n) is 11.9. The van der Waals surface area contributed by atoms with Crippen LogP contribution in [0.2, 0.25) is 0 Å². The average Bonchev–Trinajstić information content (AvgIpc) is 2.40. The Morgan fingerprint density at radius 3 is 2.63 bits per heavy atom. The van der Waals surface area contributed by atoms with Gasteiger partial charge >= 0.3 is 6.03 Å². The number of nitrogens with one attached hydrogen (secondary N) is 2. The number of carbonyl (C=O) groups is 1. The van der Waals surface area contributed by atoms with E-state index in [4.69, 9.17) is 4.74 Å². The number of aryl methyl sites for hydroxylation is 1. The maximum absolute atomic E-state index is 11.9. The number of aliphatic hydroxyl groups is 1. The van der Waals surface area contributed by atoms with Crippen LogP contribution in [0.1, 0.15) is 25.8 Å². The monoisotopic (exact) mass is 266 g/mol. The number of urea groups is 1. The normalized spacial score (nSPS) is 13.5. The number of aliphatic hydroxyl groups excluding tert-OH is 1. The fraction of sp³-hybridized carbons (Fsp3) is 0.500. The topological polar surface area (TPSA) is 70.6 Å². The lowest BCUT2D eigenvalue weighted by Gasteiger charge is -2.27. The molecule has 1 atom stereocenters. The Labute approximate surface area is 114 Å². The van der Waals surface area contributed by atoms with E-state index in [2.05, 4.69) is 10.6 Å². The van der Waals surface area contributed by atoms with Gasteiger partial charge in [-0.25, -0.2) is 4.79 Å². The number of methoxy groups -OCH3 is 1. The van der Waals surface area contributed by atoms with Crippen molar-refractivity contribution in [3.63, 3.8) is 0 Å². The smallest absolute Gasteiger partial charge is 0.319 e. The lowest BCUT2D eigenvalue weighted by molar-refractivity contribution is 0.172. The van der Waals surface area contributed by atoms with Crippen molar-refractivity contribution in [2.75, 3.05) is 19.0 Å². The molecule has 3 N–H and O–H groups in total. The second-order valence-corrected chi connectivity index (χ2v) is 4.83. The van der Waals surface area contributed by atoms with Crippen LogP contribution in [0.5, 0.6) is 5.75 Å². The number of rotatable bonds is 5. The van der Waals surface area contributed by atoms with Crippen molar-refractivity contribution < 1.29 is 14.6 Å². The summed E-state index contributed by atoms with van der Waals surface area (Å²) in [6.07, 6.45) is 0.651. The van der Waals surface area contributed by atoms with Crippen molar-refractivity contribution in [1.82, 2.24) is 5.32 Å². The highest BCUT2D eigenvalue weighted by Gasteiger charge is 2.23. The molecule has 5 heteroatoms. The summed E-state index contributed by atoms with van der Waals surface area (Å²) in [6.45, 7) is 5.50. The minimum atomic E-state index is -0.607. The third kappa shape index (κ3) is 4.13. The van der Waals surface area contributed by atoms with E-state index < -0.39 is 5.54 Å². The van der Waals surface area contributed by atoms with Gasteiger partial charge in [-0.15, -0.1) is 0 Å². The number of anilines is 1. The van der Waals surface area contributed by atoms with Gasteiger partial charge < -0.3 is 20.5 Å². The summed E-state index contributed by atoms with van der Waals surface area (Å²) >= 11 is 0. The molecule has 0 aliphatic heterocycles. The second kappa shape index (κ2) is 6.43. The largest absolute Gasteiger partial charge is 0.497 e. The number of amides is 2. The highest BCUT2D eigenvalue weighted by atomic mass is 16.5. The van der Waals surface area contributed by atoms with Crippen LogP contribution in [0.15, 0.2) is 18.2 Å². The van der Waals surface area contributed by atoms with Crippen LogP contribution in [0.25, 0.3) is 0 Å². The zero-order chi connectivity index (χ0) is 14.5. The number of carbonyl (C=O) groups excluding carboxylic acids is 1. The molecule has 106 valence electrons. The highest BCUT2D eigenvalue weighted by Crippen LogP contribution is 2.21. The van der Waals surface area contributed by atoms with Crippen LogP contribution in [0.4, 0.5) is 10.5 Å². The van der Waals surface area contributed by atoms with Crippen molar-refractivity contribution in [1.29, 1.82) is 0 Å². The SMILES string of the molecule is CCC(C)(CO)NC(=O)Nc1ccc(OC)cc1C. The van der Waals surface area contributed by atoms with Crippen LogP contribution < -0.4 is 15.4 Å². The van der Waals surface area contributed by atoms with Crippen LogP contribution >= 0.6 is 0 Å². The number of ether oxygens (including phenoxy) is 1. The Morgan fingerprint density at radius 1 is 1.47 bits per heavy atom. The van der Waals surface area contributed by atoms with Gasteiger partial charge in [-0.05, 0) is 44.0 Å². The van der Waals surface area contributed by atoms with Gasteiger partial charge in [-0.1, -0.05) is 6.92 Å². The molecule has 1 unspecified atom stereocenters. The summed E-state index contributed by atoms with van der Waals surface area (Å²) in [6, 6.07) is 5.09. The summed E-state index contributed by atoms with van der Waals surface area (Å²) in [5.74, 6) is 0.747. The van der Waals surface area contributed by atoms with E-state index in [9.17, 15) is 9.90 Å². The van der Waals surface area contributed by atoms with Crippen molar-refractivity contribution in [2.45, 2.75) is 32.7 Å². The molecule has 0 aliphatic rings. The molecule has 0 spiro atoms. The first-order chi connectivity index (χ1) is 8.94. The lowest BCUT2D eigenvalue weighted by Crippen LogP contribution is -2.50. The summed E-state index contributed by atoms with van der Waals surface area (Å²) in [7, 11) is 1.60. The Kier molecular flexibility index (Phi) is 5.18. The van der Waals surface area contributed by atoms with E-state index in [1.807, 2.05) is 19.9 Å². The van der Waals surface area contributed by atoms with Gasteiger partial charge in [0.25, 0.3) is 0 Å². The zero-order valence-corrected chi connectivity index (χ0v) is 11.9. The Morgan fingerprint density at radius 2 is 2.16 bits per heavy atom. The average molecular weight is 266 g/mol. The molecule has 5 nitrogen and oxygen atoms in total. The molecule has 0 fully saturated rings. The van der Waals surface area contributed by atoms with Crippen LogP contribution in [0, 0.1) is 6.92 Å². The van der Waals surface area contributed by atoms with Gasteiger partial charge in [0.15, 0.2) is 0 Å². The molecule has 0 radical (unpaired) electrons. The first-order valence-corrected chi connectivity index (χ1v) is 6.28. The van der Waals surface area contributed by atoms with Gasteiger partial charge in [-0.3, -0.25) is 0 Å². The summed E-state index contributed by atoms with van der Waals surface area (Å²) in [5, 5.41) is 14.8. The van der Waals surface area contributed by atoms with Gasteiger partial charge in [0, 0.05) is 5.69 Å². The van der Waals surface area contributed by atoms with Crippen molar-refractivity contribution >= 4 is 11.7 Å². The minimum absolute atomic E-state index is 0.0987. The fourth-order valence-electron chi connectivity index (χ4n) is 1.57. The van der Waals surface area contributed by atoms with E-state index >= 15 is 0 Å². The molecular formula is C14H22N2O3.